The summed E-state index contributed by atoms with van der Waals surface area (Å²) >= 11 is 1.57. The Kier molecular flexibility index (Phi) is 4.70. The van der Waals surface area contributed by atoms with Crippen LogP contribution in [0.5, 0.6) is 0 Å². The van der Waals surface area contributed by atoms with Gasteiger partial charge in [0.25, 0.3) is 0 Å². The summed E-state index contributed by atoms with van der Waals surface area (Å²) in [5, 5.41) is 8.80. The number of hydrogen-bond donors (Lipinski definition) is 1. The lowest BCUT2D eigenvalue weighted by molar-refractivity contribution is -0.0241. The second kappa shape index (κ2) is 7.11. The van der Waals surface area contributed by atoms with Crippen molar-refractivity contribution in [2.75, 3.05) is 31.6 Å². The summed E-state index contributed by atoms with van der Waals surface area (Å²) in [4.78, 5) is 7.83. The highest BCUT2D eigenvalue weighted by atomic mass is 32.1. The SMILES string of the molecule is Cc1cn2nc(NCC3CN(Cc4ccccc4C)CCO3)sc2n1. The lowest BCUT2D eigenvalue weighted by Crippen LogP contribution is -2.44. The largest absolute Gasteiger partial charge is 0.374 e. The first kappa shape index (κ1) is 16.5. The molecule has 7 heteroatoms. The van der Waals surface area contributed by atoms with Crippen molar-refractivity contribution in [2.24, 2.45) is 0 Å². The van der Waals surface area contributed by atoms with Crippen LogP contribution in [0, 0.1) is 13.8 Å². The molecule has 1 fully saturated rings. The zero-order chi connectivity index (χ0) is 17.2. The molecule has 1 N–H and O–H groups in total. The molecule has 1 atom stereocenters. The highest BCUT2D eigenvalue weighted by Gasteiger charge is 2.21. The molecule has 6 nitrogen and oxygen atoms in total. The minimum Gasteiger partial charge on any atom is -0.374 e. The Labute approximate surface area is 151 Å². The number of benzene rings is 1. The van der Waals surface area contributed by atoms with Gasteiger partial charge in [-0.15, -0.1) is 5.10 Å². The fourth-order valence-electron chi connectivity index (χ4n) is 3.16. The molecule has 3 heterocycles. The quantitative estimate of drug-likeness (QED) is 0.761. The van der Waals surface area contributed by atoms with Gasteiger partial charge in [0.1, 0.15) is 0 Å². The van der Waals surface area contributed by atoms with E-state index in [9.17, 15) is 0 Å². The van der Waals surface area contributed by atoms with E-state index in [2.05, 4.69) is 51.5 Å². The summed E-state index contributed by atoms with van der Waals surface area (Å²) < 4.78 is 7.75. The van der Waals surface area contributed by atoms with Crippen molar-refractivity contribution in [2.45, 2.75) is 26.5 Å². The fourth-order valence-corrected chi connectivity index (χ4v) is 3.99. The van der Waals surface area contributed by atoms with Crippen molar-refractivity contribution >= 4 is 21.4 Å². The molecule has 1 aliphatic rings. The smallest absolute Gasteiger partial charge is 0.214 e. The van der Waals surface area contributed by atoms with Gasteiger partial charge in [-0.05, 0) is 25.0 Å². The number of imidazole rings is 1. The van der Waals surface area contributed by atoms with Gasteiger partial charge in [-0.1, -0.05) is 35.6 Å². The van der Waals surface area contributed by atoms with E-state index in [0.717, 1.165) is 48.6 Å². The van der Waals surface area contributed by atoms with Crippen LogP contribution in [-0.2, 0) is 11.3 Å². The summed E-state index contributed by atoms with van der Waals surface area (Å²) in [7, 11) is 0. The van der Waals surface area contributed by atoms with E-state index in [-0.39, 0.29) is 6.10 Å². The van der Waals surface area contributed by atoms with Crippen molar-refractivity contribution in [1.82, 2.24) is 19.5 Å². The number of morpholine rings is 1. The lowest BCUT2D eigenvalue weighted by atomic mass is 10.1. The van der Waals surface area contributed by atoms with Gasteiger partial charge in [-0.3, -0.25) is 4.90 Å². The molecule has 0 aliphatic carbocycles. The van der Waals surface area contributed by atoms with E-state index >= 15 is 0 Å². The number of hydrogen-bond acceptors (Lipinski definition) is 6. The van der Waals surface area contributed by atoms with Gasteiger partial charge in [-0.25, -0.2) is 9.50 Å². The van der Waals surface area contributed by atoms with Crippen LogP contribution in [0.3, 0.4) is 0 Å². The summed E-state index contributed by atoms with van der Waals surface area (Å²) in [6.45, 7) is 8.59. The Hall–Kier alpha value is -1.96. The Morgan fingerprint density at radius 3 is 3.04 bits per heavy atom. The van der Waals surface area contributed by atoms with Gasteiger partial charge in [0.05, 0.1) is 24.6 Å². The van der Waals surface area contributed by atoms with Crippen LogP contribution in [-0.4, -0.2) is 51.8 Å². The normalized spacial score (nSPS) is 18.7. The summed E-state index contributed by atoms with van der Waals surface area (Å²) in [6, 6.07) is 8.60. The molecule has 0 saturated carbocycles. The summed E-state index contributed by atoms with van der Waals surface area (Å²) in [5.74, 6) is 0. The number of nitrogens with one attached hydrogen (secondary N) is 1. The molecular formula is C18H23N5OS. The molecule has 1 aliphatic heterocycles. The zero-order valence-corrected chi connectivity index (χ0v) is 15.4. The van der Waals surface area contributed by atoms with E-state index in [0.29, 0.717) is 0 Å². The number of fused-ring (bicyclic) bond motifs is 1. The van der Waals surface area contributed by atoms with Gasteiger partial charge < -0.3 is 10.1 Å². The number of anilines is 1. The topological polar surface area (TPSA) is 54.7 Å². The van der Waals surface area contributed by atoms with Crippen LogP contribution in [0.2, 0.25) is 0 Å². The molecule has 132 valence electrons. The first-order valence-corrected chi connectivity index (χ1v) is 9.44. The molecule has 4 rings (SSSR count). The van der Waals surface area contributed by atoms with Gasteiger partial charge in [0, 0.05) is 26.2 Å². The molecule has 0 amide bonds. The monoisotopic (exact) mass is 357 g/mol. The fraction of sp³-hybridized carbons (Fsp3) is 0.444. The number of rotatable bonds is 5. The van der Waals surface area contributed by atoms with Crippen LogP contribution < -0.4 is 5.32 Å². The maximum absolute atomic E-state index is 5.92. The van der Waals surface area contributed by atoms with E-state index in [1.165, 1.54) is 11.1 Å². The van der Waals surface area contributed by atoms with E-state index < -0.39 is 0 Å². The first-order chi connectivity index (χ1) is 12.2. The minimum absolute atomic E-state index is 0.177. The molecule has 2 aromatic heterocycles. The Morgan fingerprint density at radius 2 is 2.20 bits per heavy atom. The molecule has 0 spiro atoms. The number of aryl methyl sites for hydroxylation is 2. The zero-order valence-electron chi connectivity index (χ0n) is 14.6. The van der Waals surface area contributed by atoms with Crippen molar-refractivity contribution < 1.29 is 4.74 Å². The lowest BCUT2D eigenvalue weighted by Gasteiger charge is -2.33. The highest BCUT2D eigenvalue weighted by Crippen LogP contribution is 2.20. The van der Waals surface area contributed by atoms with Crippen molar-refractivity contribution in [3.05, 3.63) is 47.3 Å². The van der Waals surface area contributed by atoms with Crippen LogP contribution in [0.25, 0.3) is 4.96 Å². The van der Waals surface area contributed by atoms with Crippen molar-refractivity contribution in [3.8, 4) is 0 Å². The predicted molar refractivity (Wildman–Crippen MR) is 100 cm³/mol. The van der Waals surface area contributed by atoms with Crippen LogP contribution in [0.4, 0.5) is 5.13 Å². The Bertz CT molecular complexity index is 827. The highest BCUT2D eigenvalue weighted by molar-refractivity contribution is 7.20. The van der Waals surface area contributed by atoms with E-state index in [1.807, 2.05) is 17.6 Å². The minimum atomic E-state index is 0.177. The van der Waals surface area contributed by atoms with Crippen LogP contribution >= 0.6 is 11.3 Å². The molecule has 1 unspecified atom stereocenters. The molecule has 1 aromatic carbocycles. The van der Waals surface area contributed by atoms with Crippen molar-refractivity contribution in [3.63, 3.8) is 0 Å². The van der Waals surface area contributed by atoms with Crippen molar-refractivity contribution in [1.29, 1.82) is 0 Å². The molecule has 0 radical (unpaired) electrons. The van der Waals surface area contributed by atoms with E-state index in [4.69, 9.17) is 4.74 Å². The molecule has 1 saturated heterocycles. The summed E-state index contributed by atoms with van der Waals surface area (Å²) in [5.41, 5.74) is 3.74. The first-order valence-electron chi connectivity index (χ1n) is 8.62. The van der Waals surface area contributed by atoms with Crippen LogP contribution in [0.15, 0.2) is 30.5 Å². The molecule has 0 bridgehead atoms. The third kappa shape index (κ3) is 3.84. The maximum Gasteiger partial charge on any atom is 0.214 e. The maximum atomic E-state index is 5.92. The van der Waals surface area contributed by atoms with E-state index in [1.54, 1.807) is 11.3 Å². The molecule has 25 heavy (non-hydrogen) atoms. The second-order valence-electron chi connectivity index (χ2n) is 6.55. The average Bonchev–Trinajstić information content (AvgIpc) is 3.12. The third-order valence-corrected chi connectivity index (χ3v) is 5.40. The Morgan fingerprint density at radius 1 is 1.32 bits per heavy atom. The van der Waals surface area contributed by atoms with Gasteiger partial charge in [-0.2, -0.15) is 0 Å². The van der Waals surface area contributed by atoms with Gasteiger partial charge >= 0.3 is 0 Å². The average molecular weight is 357 g/mol. The number of ether oxygens (including phenoxy) is 1. The second-order valence-corrected chi connectivity index (χ2v) is 7.51. The number of nitrogens with zero attached hydrogens (tertiary/aromatic N) is 4. The van der Waals surface area contributed by atoms with Gasteiger partial charge in [0.15, 0.2) is 0 Å². The van der Waals surface area contributed by atoms with Crippen LogP contribution in [0.1, 0.15) is 16.8 Å². The van der Waals surface area contributed by atoms with Gasteiger partial charge in [0.2, 0.25) is 10.1 Å². The predicted octanol–water partition coefficient (Wildman–Crippen LogP) is 2.72. The third-order valence-electron chi connectivity index (χ3n) is 4.52. The standard InChI is InChI=1S/C18H23N5OS/c1-13-5-3-4-6-15(13)11-22-7-8-24-16(12-22)9-19-17-21-23-10-14(2)20-18(23)25-17/h3-6,10,16H,7-9,11-12H2,1-2H3,(H,19,21). The summed E-state index contributed by atoms with van der Waals surface area (Å²) in [6.07, 6.45) is 2.12. The number of aromatic nitrogens is 3. The molecular weight excluding hydrogens is 334 g/mol. The molecule has 3 aromatic rings. The Balaban J connectivity index is 1.33.